The average Bonchev–Trinajstić information content (AvgIpc) is 3.31. The number of likely N-dealkylation sites (N-methyl/N-ethyl adjacent to an activating group) is 2. The van der Waals surface area contributed by atoms with E-state index in [4.69, 9.17) is 9.73 Å². The number of fused-ring (bicyclic) bond motifs is 1. The molecule has 0 spiro atoms. The molecular formula is C31H35N5O3. The van der Waals surface area contributed by atoms with Crippen molar-refractivity contribution in [3.8, 4) is 0 Å². The fourth-order valence-electron chi connectivity index (χ4n) is 4.97. The third-order valence-corrected chi connectivity index (χ3v) is 7.30. The largest absolute Gasteiger partial charge is 0.379 e. The topological polar surface area (TPSA) is 77.5 Å². The average molecular weight is 526 g/mol. The van der Waals surface area contributed by atoms with Gasteiger partial charge in [0.15, 0.2) is 0 Å². The van der Waals surface area contributed by atoms with Crippen LogP contribution in [0.15, 0.2) is 83.9 Å². The van der Waals surface area contributed by atoms with Gasteiger partial charge in [0.05, 0.1) is 31.2 Å². The lowest BCUT2D eigenvalue weighted by molar-refractivity contribution is -0.119. The first kappa shape index (κ1) is 26.7. The van der Waals surface area contributed by atoms with Crippen LogP contribution in [0, 0.1) is 0 Å². The van der Waals surface area contributed by atoms with E-state index in [0.29, 0.717) is 12.3 Å². The van der Waals surface area contributed by atoms with Crippen molar-refractivity contribution < 1.29 is 14.3 Å². The van der Waals surface area contributed by atoms with E-state index in [0.717, 1.165) is 67.6 Å². The van der Waals surface area contributed by atoms with Gasteiger partial charge in [-0.25, -0.2) is 0 Å². The zero-order valence-electron chi connectivity index (χ0n) is 22.5. The van der Waals surface area contributed by atoms with Gasteiger partial charge in [0.25, 0.3) is 0 Å². The first-order valence-electron chi connectivity index (χ1n) is 13.4. The number of amides is 2. The fourth-order valence-corrected chi connectivity index (χ4v) is 4.97. The molecule has 2 heterocycles. The summed E-state index contributed by atoms with van der Waals surface area (Å²) in [7, 11) is 3.78. The summed E-state index contributed by atoms with van der Waals surface area (Å²) in [6.07, 6.45) is 0. The van der Waals surface area contributed by atoms with E-state index >= 15 is 0 Å². The molecule has 2 aliphatic heterocycles. The van der Waals surface area contributed by atoms with Gasteiger partial charge >= 0.3 is 0 Å². The maximum absolute atomic E-state index is 13.0. The van der Waals surface area contributed by atoms with Crippen molar-refractivity contribution in [2.45, 2.75) is 5.92 Å². The Kier molecular flexibility index (Phi) is 8.46. The van der Waals surface area contributed by atoms with Crippen molar-refractivity contribution in [3.63, 3.8) is 0 Å². The lowest BCUT2D eigenvalue weighted by Gasteiger charge is -2.29. The van der Waals surface area contributed by atoms with Crippen molar-refractivity contribution >= 4 is 34.6 Å². The summed E-state index contributed by atoms with van der Waals surface area (Å²) in [4.78, 5) is 37.0. The number of benzene rings is 3. The maximum atomic E-state index is 13.0. The van der Waals surface area contributed by atoms with Crippen LogP contribution in [0.5, 0.6) is 0 Å². The molecule has 1 fully saturated rings. The van der Waals surface area contributed by atoms with Crippen LogP contribution in [0.25, 0.3) is 0 Å². The van der Waals surface area contributed by atoms with Gasteiger partial charge in [-0.1, -0.05) is 48.5 Å². The van der Waals surface area contributed by atoms with Gasteiger partial charge in [-0.2, -0.15) is 0 Å². The number of nitrogens with zero attached hydrogens (tertiary/aromatic N) is 4. The molecule has 8 nitrogen and oxygen atoms in total. The molecule has 0 saturated carbocycles. The molecule has 0 aliphatic carbocycles. The highest BCUT2D eigenvalue weighted by Gasteiger charge is 2.35. The molecule has 3 aromatic rings. The minimum absolute atomic E-state index is 0.0277. The van der Waals surface area contributed by atoms with Crippen LogP contribution in [-0.4, -0.2) is 87.4 Å². The van der Waals surface area contributed by atoms with Gasteiger partial charge in [-0.05, 0) is 48.5 Å². The third-order valence-electron chi connectivity index (χ3n) is 7.30. The number of hydrogen-bond acceptors (Lipinski definition) is 6. The second-order valence-corrected chi connectivity index (χ2v) is 10.0. The quantitative estimate of drug-likeness (QED) is 0.431. The normalized spacial score (nSPS) is 17.7. The molecule has 39 heavy (non-hydrogen) atoms. The number of hydrogen-bond donors (Lipinski definition) is 1. The summed E-state index contributed by atoms with van der Waals surface area (Å²) in [5.74, 6) is -0.557. The van der Waals surface area contributed by atoms with E-state index in [1.807, 2.05) is 85.9 Å². The van der Waals surface area contributed by atoms with E-state index < -0.39 is 5.92 Å². The number of rotatable bonds is 9. The van der Waals surface area contributed by atoms with E-state index in [1.54, 1.807) is 11.9 Å². The molecule has 1 saturated heterocycles. The summed E-state index contributed by atoms with van der Waals surface area (Å²) in [6.45, 7) is 5.54. The van der Waals surface area contributed by atoms with Crippen LogP contribution in [0.3, 0.4) is 0 Å². The monoisotopic (exact) mass is 525 g/mol. The first-order chi connectivity index (χ1) is 19.0. The maximum Gasteiger partial charge on any atom is 0.240 e. The molecule has 1 N–H and O–H groups in total. The number of morpholine rings is 1. The van der Waals surface area contributed by atoms with E-state index in [2.05, 4.69) is 15.1 Å². The van der Waals surface area contributed by atoms with Crippen molar-refractivity contribution in [3.05, 3.63) is 90.0 Å². The SMILES string of the molecule is CN(CCN1CCOCC1)CC(=O)N(C)c1ccc(N=C(c2ccccc2)C2C(=O)Nc3ccccc32)cc1. The predicted octanol–water partition coefficient (Wildman–Crippen LogP) is 3.77. The van der Waals surface area contributed by atoms with Crippen molar-refractivity contribution in [1.82, 2.24) is 9.80 Å². The van der Waals surface area contributed by atoms with Gasteiger partial charge < -0.3 is 15.0 Å². The second-order valence-electron chi connectivity index (χ2n) is 10.0. The van der Waals surface area contributed by atoms with Gasteiger partial charge in [-0.15, -0.1) is 0 Å². The summed E-state index contributed by atoms with van der Waals surface area (Å²) < 4.78 is 5.41. The number of anilines is 2. The van der Waals surface area contributed by atoms with Crippen LogP contribution in [-0.2, 0) is 14.3 Å². The Bertz CT molecular complexity index is 1320. The van der Waals surface area contributed by atoms with Crippen molar-refractivity contribution in [1.29, 1.82) is 0 Å². The molecule has 1 unspecified atom stereocenters. The summed E-state index contributed by atoms with van der Waals surface area (Å²) in [6, 6.07) is 25.1. The van der Waals surface area contributed by atoms with Gasteiger partial charge in [-0.3, -0.25) is 24.4 Å². The van der Waals surface area contributed by atoms with Gasteiger partial charge in [0.1, 0.15) is 5.92 Å². The standard InChI is InChI=1S/C31H35N5O3/c1-34(16-17-36-18-20-39-21-19-36)22-28(37)35(2)25-14-12-24(13-15-25)32-30(23-8-4-3-5-9-23)29-26-10-6-7-11-27(26)33-31(29)38/h3-15,29H,16-22H2,1-2H3,(H,33,38). The van der Waals surface area contributed by atoms with Crippen molar-refractivity contribution in [2.24, 2.45) is 4.99 Å². The number of nitrogens with one attached hydrogen (secondary N) is 1. The number of carbonyl (C=O) groups is 2. The van der Waals surface area contributed by atoms with Crippen LogP contribution < -0.4 is 10.2 Å². The highest BCUT2D eigenvalue weighted by Crippen LogP contribution is 2.36. The summed E-state index contributed by atoms with van der Waals surface area (Å²) >= 11 is 0. The van der Waals surface area contributed by atoms with Gasteiger partial charge in [0, 0.05) is 44.6 Å². The number of para-hydroxylation sites is 1. The smallest absolute Gasteiger partial charge is 0.240 e. The van der Waals surface area contributed by atoms with Crippen LogP contribution in [0.1, 0.15) is 17.0 Å². The predicted molar refractivity (Wildman–Crippen MR) is 155 cm³/mol. The van der Waals surface area contributed by atoms with Crippen molar-refractivity contribution in [2.75, 3.05) is 70.2 Å². The van der Waals surface area contributed by atoms with E-state index in [9.17, 15) is 9.59 Å². The molecule has 3 aromatic carbocycles. The van der Waals surface area contributed by atoms with Gasteiger partial charge in [0.2, 0.25) is 11.8 Å². The van der Waals surface area contributed by atoms with Crippen LogP contribution in [0.4, 0.5) is 17.1 Å². The lowest BCUT2D eigenvalue weighted by Crippen LogP contribution is -2.43. The summed E-state index contributed by atoms with van der Waals surface area (Å²) in [5.41, 5.74) is 4.85. The first-order valence-corrected chi connectivity index (χ1v) is 13.4. The molecule has 0 radical (unpaired) electrons. The molecule has 0 aromatic heterocycles. The molecular weight excluding hydrogens is 490 g/mol. The van der Waals surface area contributed by atoms with E-state index in [1.165, 1.54) is 0 Å². The molecule has 0 bridgehead atoms. The van der Waals surface area contributed by atoms with Crippen LogP contribution in [0.2, 0.25) is 0 Å². The third kappa shape index (κ3) is 6.42. The molecule has 202 valence electrons. The lowest BCUT2D eigenvalue weighted by atomic mass is 9.90. The number of carbonyl (C=O) groups excluding carboxylic acids is 2. The minimum atomic E-state index is -0.500. The Morgan fingerprint density at radius 2 is 1.67 bits per heavy atom. The fraction of sp³-hybridized carbons (Fsp3) is 0.323. The summed E-state index contributed by atoms with van der Waals surface area (Å²) in [5, 5.41) is 2.99. The number of aliphatic imine (C=N–C) groups is 1. The second kappa shape index (κ2) is 12.3. The zero-order chi connectivity index (χ0) is 27.2. The zero-order valence-corrected chi connectivity index (χ0v) is 22.5. The highest BCUT2D eigenvalue weighted by molar-refractivity contribution is 6.24. The Hall–Kier alpha value is -3.85. The molecule has 8 heteroatoms. The Balaban J connectivity index is 1.29. The molecule has 2 aliphatic rings. The van der Waals surface area contributed by atoms with E-state index in [-0.39, 0.29) is 11.8 Å². The molecule has 1 atom stereocenters. The van der Waals surface area contributed by atoms with Crippen LogP contribution >= 0.6 is 0 Å². The molecule has 2 amide bonds. The number of ether oxygens (including phenoxy) is 1. The molecule has 5 rings (SSSR count). The minimum Gasteiger partial charge on any atom is -0.379 e. The Labute approximate surface area is 229 Å². The Morgan fingerprint density at radius 1 is 0.974 bits per heavy atom. The highest BCUT2D eigenvalue weighted by atomic mass is 16.5. The Morgan fingerprint density at radius 3 is 2.41 bits per heavy atom.